The van der Waals surface area contributed by atoms with E-state index >= 15 is 0 Å². The molecule has 1 amide bonds. The van der Waals surface area contributed by atoms with E-state index in [0.717, 1.165) is 4.47 Å². The summed E-state index contributed by atoms with van der Waals surface area (Å²) >= 11 is 3.22. The second-order valence-corrected chi connectivity index (χ2v) is 6.24. The van der Waals surface area contributed by atoms with Crippen LogP contribution in [0.25, 0.3) is 0 Å². The molecule has 100 valence electrons. The number of sulfonamides is 1. The zero-order chi connectivity index (χ0) is 14.0. The molecule has 1 aromatic carbocycles. The Morgan fingerprint density at radius 1 is 1.32 bits per heavy atom. The number of carbonyl (C=O) groups is 1. The Hall–Kier alpha value is -1.64. The summed E-state index contributed by atoms with van der Waals surface area (Å²) in [6, 6.07) is 7.34. The molecule has 2 aromatic rings. The van der Waals surface area contributed by atoms with Gasteiger partial charge in [-0.1, -0.05) is 6.07 Å². The standard InChI is InChI=1S/C11H10BrN3O3S/c12-7-4-10(14-6-7)11(16)15-8-2-1-3-9(5-8)19(13,17)18/h1-6,14H,(H,15,16)(H2,13,17,18). The van der Waals surface area contributed by atoms with Gasteiger partial charge in [-0.25, -0.2) is 13.6 Å². The Labute approximate surface area is 118 Å². The van der Waals surface area contributed by atoms with E-state index in [0.29, 0.717) is 11.4 Å². The summed E-state index contributed by atoms with van der Waals surface area (Å²) < 4.78 is 23.1. The van der Waals surface area contributed by atoms with Crippen molar-refractivity contribution in [3.05, 3.63) is 46.7 Å². The first-order valence-corrected chi connectivity index (χ1v) is 7.48. The fourth-order valence-electron chi connectivity index (χ4n) is 1.45. The van der Waals surface area contributed by atoms with Gasteiger partial charge >= 0.3 is 0 Å². The molecule has 2 rings (SSSR count). The molecule has 0 radical (unpaired) electrons. The Bertz CT molecular complexity index is 724. The Morgan fingerprint density at radius 2 is 2.05 bits per heavy atom. The van der Waals surface area contributed by atoms with Crippen molar-refractivity contribution < 1.29 is 13.2 Å². The smallest absolute Gasteiger partial charge is 0.272 e. The lowest BCUT2D eigenvalue weighted by Crippen LogP contribution is -2.15. The molecular weight excluding hydrogens is 334 g/mol. The van der Waals surface area contributed by atoms with Crippen molar-refractivity contribution in [3.63, 3.8) is 0 Å². The molecule has 4 N–H and O–H groups in total. The highest BCUT2D eigenvalue weighted by atomic mass is 79.9. The Morgan fingerprint density at radius 3 is 2.63 bits per heavy atom. The largest absolute Gasteiger partial charge is 0.356 e. The first-order valence-electron chi connectivity index (χ1n) is 5.14. The molecule has 8 heteroatoms. The van der Waals surface area contributed by atoms with Gasteiger partial charge in [0, 0.05) is 16.4 Å². The van der Waals surface area contributed by atoms with Crippen LogP contribution in [0.3, 0.4) is 0 Å². The van der Waals surface area contributed by atoms with Crippen molar-refractivity contribution in [2.45, 2.75) is 4.90 Å². The van der Waals surface area contributed by atoms with Gasteiger partial charge in [0.2, 0.25) is 10.0 Å². The molecule has 0 fully saturated rings. The van der Waals surface area contributed by atoms with Crippen LogP contribution in [0.1, 0.15) is 10.5 Å². The number of anilines is 1. The van der Waals surface area contributed by atoms with Crippen LogP contribution < -0.4 is 10.5 Å². The maximum atomic E-state index is 11.8. The number of hydrogen-bond acceptors (Lipinski definition) is 3. The van der Waals surface area contributed by atoms with Gasteiger partial charge in [-0.2, -0.15) is 0 Å². The normalized spacial score (nSPS) is 11.3. The maximum Gasteiger partial charge on any atom is 0.272 e. The highest BCUT2D eigenvalue weighted by Crippen LogP contribution is 2.16. The summed E-state index contributed by atoms with van der Waals surface area (Å²) in [6.45, 7) is 0. The fraction of sp³-hybridized carbons (Fsp3) is 0. The number of primary sulfonamides is 1. The quantitative estimate of drug-likeness (QED) is 0.789. The molecule has 0 unspecified atom stereocenters. The summed E-state index contributed by atoms with van der Waals surface area (Å²) in [5.41, 5.74) is 0.704. The summed E-state index contributed by atoms with van der Waals surface area (Å²) in [6.07, 6.45) is 1.62. The number of hydrogen-bond donors (Lipinski definition) is 3. The number of aromatic nitrogens is 1. The highest BCUT2D eigenvalue weighted by molar-refractivity contribution is 9.10. The van der Waals surface area contributed by atoms with Gasteiger partial charge in [0.05, 0.1) is 4.90 Å². The predicted molar refractivity (Wildman–Crippen MR) is 74.3 cm³/mol. The van der Waals surface area contributed by atoms with Crippen molar-refractivity contribution in [1.82, 2.24) is 4.98 Å². The number of benzene rings is 1. The van der Waals surface area contributed by atoms with E-state index in [-0.39, 0.29) is 10.8 Å². The summed E-state index contributed by atoms with van der Waals surface area (Å²) in [5, 5.41) is 7.59. The number of nitrogens with two attached hydrogens (primary N) is 1. The summed E-state index contributed by atoms with van der Waals surface area (Å²) in [4.78, 5) is 14.6. The zero-order valence-electron chi connectivity index (χ0n) is 9.55. The van der Waals surface area contributed by atoms with Crippen LogP contribution in [0, 0.1) is 0 Å². The molecule has 0 aliphatic heterocycles. The van der Waals surface area contributed by atoms with Crippen molar-refractivity contribution >= 4 is 37.5 Å². The van der Waals surface area contributed by atoms with Crippen LogP contribution in [0.2, 0.25) is 0 Å². The molecule has 1 aromatic heterocycles. The average molecular weight is 344 g/mol. The molecule has 0 atom stereocenters. The number of nitrogens with one attached hydrogen (secondary N) is 2. The minimum atomic E-state index is -3.79. The fourth-order valence-corrected chi connectivity index (χ4v) is 2.35. The number of halogens is 1. The topological polar surface area (TPSA) is 105 Å². The van der Waals surface area contributed by atoms with Gasteiger partial charge in [0.15, 0.2) is 0 Å². The molecule has 0 saturated heterocycles. The first-order chi connectivity index (χ1) is 8.86. The summed E-state index contributed by atoms with van der Waals surface area (Å²) in [7, 11) is -3.79. The van der Waals surface area contributed by atoms with Crippen LogP contribution in [-0.4, -0.2) is 19.3 Å². The van der Waals surface area contributed by atoms with E-state index in [4.69, 9.17) is 5.14 Å². The minimum Gasteiger partial charge on any atom is -0.356 e. The van der Waals surface area contributed by atoms with Crippen LogP contribution >= 0.6 is 15.9 Å². The lowest BCUT2D eigenvalue weighted by atomic mass is 10.3. The molecule has 0 aliphatic rings. The number of rotatable bonds is 3. The van der Waals surface area contributed by atoms with Crippen LogP contribution in [0.15, 0.2) is 45.9 Å². The summed E-state index contributed by atoms with van der Waals surface area (Å²) in [5.74, 6) is -0.378. The number of amides is 1. The lowest BCUT2D eigenvalue weighted by Gasteiger charge is -2.05. The molecule has 0 saturated carbocycles. The van der Waals surface area contributed by atoms with Gasteiger partial charge in [0.25, 0.3) is 5.91 Å². The number of aromatic amines is 1. The van der Waals surface area contributed by atoms with Crippen molar-refractivity contribution in [1.29, 1.82) is 0 Å². The monoisotopic (exact) mass is 343 g/mol. The third kappa shape index (κ3) is 3.43. The third-order valence-corrected chi connectivity index (χ3v) is 3.68. The van der Waals surface area contributed by atoms with Crippen molar-refractivity contribution in [2.24, 2.45) is 5.14 Å². The number of H-pyrrole nitrogens is 1. The molecule has 1 heterocycles. The van der Waals surface area contributed by atoms with Gasteiger partial charge < -0.3 is 10.3 Å². The van der Waals surface area contributed by atoms with E-state index in [1.165, 1.54) is 18.2 Å². The lowest BCUT2D eigenvalue weighted by molar-refractivity contribution is 0.102. The molecule has 0 spiro atoms. The third-order valence-electron chi connectivity index (χ3n) is 2.31. The van der Waals surface area contributed by atoms with Crippen molar-refractivity contribution in [3.8, 4) is 0 Å². The van der Waals surface area contributed by atoms with Crippen LogP contribution in [-0.2, 0) is 10.0 Å². The van der Waals surface area contributed by atoms with Gasteiger partial charge in [0.1, 0.15) is 5.69 Å². The zero-order valence-corrected chi connectivity index (χ0v) is 12.0. The average Bonchev–Trinajstić information content (AvgIpc) is 2.75. The maximum absolute atomic E-state index is 11.8. The first kappa shape index (κ1) is 13.8. The Balaban J connectivity index is 2.22. The van der Waals surface area contributed by atoms with Crippen molar-refractivity contribution in [2.75, 3.05) is 5.32 Å². The molecular formula is C11H10BrN3O3S. The van der Waals surface area contributed by atoms with E-state index in [1.807, 2.05) is 0 Å². The van der Waals surface area contributed by atoms with E-state index in [2.05, 4.69) is 26.2 Å². The highest BCUT2D eigenvalue weighted by Gasteiger charge is 2.11. The van der Waals surface area contributed by atoms with Gasteiger partial charge in [-0.3, -0.25) is 4.79 Å². The second-order valence-electron chi connectivity index (χ2n) is 3.76. The molecule has 0 bridgehead atoms. The predicted octanol–water partition coefficient (Wildman–Crippen LogP) is 1.68. The van der Waals surface area contributed by atoms with Crippen LogP contribution in [0.5, 0.6) is 0 Å². The molecule has 0 aliphatic carbocycles. The van der Waals surface area contributed by atoms with Crippen LogP contribution in [0.4, 0.5) is 5.69 Å². The van der Waals surface area contributed by atoms with E-state index < -0.39 is 10.0 Å². The minimum absolute atomic E-state index is 0.0574. The van der Waals surface area contributed by atoms with Gasteiger partial charge in [-0.15, -0.1) is 0 Å². The molecule has 6 nitrogen and oxygen atoms in total. The second kappa shape index (κ2) is 5.16. The molecule has 19 heavy (non-hydrogen) atoms. The van der Waals surface area contributed by atoms with E-state index in [9.17, 15) is 13.2 Å². The van der Waals surface area contributed by atoms with E-state index in [1.54, 1.807) is 18.3 Å². The Kier molecular flexibility index (Phi) is 3.74. The van der Waals surface area contributed by atoms with Gasteiger partial charge in [-0.05, 0) is 40.2 Å². The SMILES string of the molecule is NS(=O)(=O)c1cccc(NC(=O)c2cc(Br)c[nH]2)c1. The number of carbonyl (C=O) groups excluding carboxylic acids is 1.